The fourth-order valence-electron chi connectivity index (χ4n) is 2.40. The lowest BCUT2D eigenvalue weighted by atomic mass is 10.2. The van der Waals surface area contributed by atoms with E-state index >= 15 is 0 Å². The molecule has 1 heterocycles. The summed E-state index contributed by atoms with van der Waals surface area (Å²) in [7, 11) is -4.47. The van der Waals surface area contributed by atoms with Gasteiger partial charge in [0, 0.05) is 38.8 Å². The van der Waals surface area contributed by atoms with Gasteiger partial charge in [-0.1, -0.05) is 0 Å². The van der Waals surface area contributed by atoms with Crippen molar-refractivity contribution >= 4 is 22.4 Å². The SMILES string of the molecule is Cl.O=S(=O)(NCC(N1CCNCC1)C(F)(F)F)c1cc(F)cc(F)c1. The van der Waals surface area contributed by atoms with Gasteiger partial charge < -0.3 is 5.32 Å². The van der Waals surface area contributed by atoms with Crippen molar-refractivity contribution in [3.63, 3.8) is 0 Å². The zero-order chi connectivity index (χ0) is 18.0. The summed E-state index contributed by atoms with van der Waals surface area (Å²) < 4.78 is 91.6. The smallest absolute Gasteiger partial charge is 0.314 e. The maximum atomic E-state index is 13.2. The molecule has 1 fully saturated rings. The monoisotopic (exact) mass is 409 g/mol. The van der Waals surface area contributed by atoms with Crippen molar-refractivity contribution in [1.82, 2.24) is 14.9 Å². The van der Waals surface area contributed by atoms with Gasteiger partial charge in [0.1, 0.15) is 17.7 Å². The van der Waals surface area contributed by atoms with Gasteiger partial charge in [-0.25, -0.2) is 21.9 Å². The van der Waals surface area contributed by atoms with E-state index in [1.807, 2.05) is 0 Å². The van der Waals surface area contributed by atoms with Crippen LogP contribution in [0, 0.1) is 11.6 Å². The Morgan fingerprint density at radius 1 is 1.12 bits per heavy atom. The molecule has 1 aliphatic rings. The lowest BCUT2D eigenvalue weighted by Gasteiger charge is -2.35. The maximum Gasteiger partial charge on any atom is 0.405 e. The summed E-state index contributed by atoms with van der Waals surface area (Å²) in [4.78, 5) is 0.354. The number of rotatable bonds is 5. The van der Waals surface area contributed by atoms with E-state index in [1.54, 1.807) is 4.72 Å². The highest BCUT2D eigenvalue weighted by atomic mass is 35.5. The molecule has 1 saturated heterocycles. The topological polar surface area (TPSA) is 61.4 Å². The second kappa shape index (κ2) is 8.58. The van der Waals surface area contributed by atoms with Gasteiger partial charge in [0.2, 0.25) is 10.0 Å². The Morgan fingerprint density at radius 2 is 1.64 bits per heavy atom. The van der Waals surface area contributed by atoms with E-state index in [9.17, 15) is 30.4 Å². The van der Waals surface area contributed by atoms with Crippen LogP contribution in [0.5, 0.6) is 0 Å². The summed E-state index contributed by atoms with van der Waals surface area (Å²) >= 11 is 0. The molecule has 1 aromatic carbocycles. The zero-order valence-corrected chi connectivity index (χ0v) is 14.4. The summed E-state index contributed by atoms with van der Waals surface area (Å²) in [6, 6.07) is -0.469. The third-order valence-corrected chi connectivity index (χ3v) is 4.99. The zero-order valence-electron chi connectivity index (χ0n) is 12.8. The van der Waals surface area contributed by atoms with Crippen molar-refractivity contribution in [2.75, 3.05) is 32.7 Å². The number of nitrogens with one attached hydrogen (secondary N) is 2. The fraction of sp³-hybridized carbons (Fsp3) is 0.538. The van der Waals surface area contributed by atoms with Crippen molar-refractivity contribution in [2.45, 2.75) is 17.1 Å². The first-order valence-electron chi connectivity index (χ1n) is 7.07. The average molecular weight is 410 g/mol. The molecule has 0 aliphatic carbocycles. The van der Waals surface area contributed by atoms with Crippen molar-refractivity contribution < 1.29 is 30.4 Å². The molecule has 2 N–H and O–H groups in total. The van der Waals surface area contributed by atoms with Gasteiger partial charge in [0.15, 0.2) is 0 Å². The second-order valence-electron chi connectivity index (χ2n) is 5.30. The second-order valence-corrected chi connectivity index (χ2v) is 7.07. The molecule has 0 radical (unpaired) electrons. The fourth-order valence-corrected chi connectivity index (χ4v) is 3.48. The van der Waals surface area contributed by atoms with Gasteiger partial charge in [-0.15, -0.1) is 12.4 Å². The van der Waals surface area contributed by atoms with Crippen molar-refractivity contribution in [2.24, 2.45) is 0 Å². The van der Waals surface area contributed by atoms with E-state index in [-0.39, 0.29) is 25.5 Å². The highest BCUT2D eigenvalue weighted by Crippen LogP contribution is 2.25. The molecule has 12 heteroatoms. The Kier molecular flexibility index (Phi) is 7.56. The van der Waals surface area contributed by atoms with Crippen LogP contribution in [0.3, 0.4) is 0 Å². The van der Waals surface area contributed by atoms with Gasteiger partial charge >= 0.3 is 6.18 Å². The first kappa shape index (κ1) is 22.0. The summed E-state index contributed by atoms with van der Waals surface area (Å²) in [5.41, 5.74) is 0. The summed E-state index contributed by atoms with van der Waals surface area (Å²) in [5, 5.41) is 2.90. The first-order valence-corrected chi connectivity index (χ1v) is 8.55. The Balaban J connectivity index is 0.00000312. The standard InChI is InChI=1S/C13H16F5N3O2S.ClH/c14-9-5-10(15)7-11(6-9)24(22,23)20-8-12(13(16,17)18)21-3-1-19-2-4-21;/h5-7,12,19-20H,1-4,8H2;1H. The van der Waals surface area contributed by atoms with Crippen LogP contribution >= 0.6 is 12.4 Å². The molecule has 1 unspecified atom stereocenters. The van der Waals surface area contributed by atoms with Gasteiger partial charge in [-0.05, 0) is 12.1 Å². The highest BCUT2D eigenvalue weighted by Gasteiger charge is 2.44. The molecule has 5 nitrogen and oxygen atoms in total. The van der Waals surface area contributed by atoms with E-state index in [0.29, 0.717) is 31.3 Å². The molecule has 25 heavy (non-hydrogen) atoms. The van der Waals surface area contributed by atoms with Crippen molar-refractivity contribution in [3.05, 3.63) is 29.8 Å². The molecule has 1 aliphatic heterocycles. The van der Waals surface area contributed by atoms with Crippen LogP contribution in [0.15, 0.2) is 23.1 Å². The summed E-state index contributed by atoms with van der Waals surface area (Å²) in [5.74, 6) is -2.27. The van der Waals surface area contributed by atoms with Gasteiger partial charge in [-0.2, -0.15) is 13.2 Å². The van der Waals surface area contributed by atoms with Crippen molar-refractivity contribution in [1.29, 1.82) is 0 Å². The number of halogens is 6. The molecule has 1 atom stereocenters. The third kappa shape index (κ3) is 6.03. The van der Waals surface area contributed by atoms with Crippen LogP contribution in [0.4, 0.5) is 22.0 Å². The number of benzene rings is 1. The number of alkyl halides is 3. The molecule has 0 spiro atoms. The van der Waals surface area contributed by atoms with E-state index < -0.39 is 45.3 Å². The van der Waals surface area contributed by atoms with E-state index in [4.69, 9.17) is 0 Å². The lowest BCUT2D eigenvalue weighted by molar-refractivity contribution is -0.182. The van der Waals surface area contributed by atoms with Crippen LogP contribution in [-0.2, 0) is 10.0 Å². The molecular formula is C13H17ClF5N3O2S. The number of sulfonamides is 1. The Hall–Kier alpha value is -1.01. The number of hydrogen-bond donors (Lipinski definition) is 2. The molecule has 1 aromatic rings. The van der Waals surface area contributed by atoms with Gasteiger partial charge in [0.25, 0.3) is 0 Å². The molecule has 0 saturated carbocycles. The van der Waals surface area contributed by atoms with Crippen LogP contribution in [-0.4, -0.2) is 58.3 Å². The minimum absolute atomic E-state index is 0. The van der Waals surface area contributed by atoms with E-state index in [2.05, 4.69) is 5.32 Å². The number of hydrogen-bond acceptors (Lipinski definition) is 4. The highest BCUT2D eigenvalue weighted by molar-refractivity contribution is 7.89. The molecular weight excluding hydrogens is 393 g/mol. The average Bonchev–Trinajstić information content (AvgIpc) is 2.46. The normalized spacial score (nSPS) is 17.8. The van der Waals surface area contributed by atoms with Crippen LogP contribution in [0.25, 0.3) is 0 Å². The van der Waals surface area contributed by atoms with Crippen LogP contribution in [0.1, 0.15) is 0 Å². The predicted octanol–water partition coefficient (Wildman–Crippen LogP) is 1.50. The predicted molar refractivity (Wildman–Crippen MR) is 83.1 cm³/mol. The largest absolute Gasteiger partial charge is 0.405 e. The van der Waals surface area contributed by atoms with Crippen LogP contribution in [0.2, 0.25) is 0 Å². The van der Waals surface area contributed by atoms with Crippen LogP contribution < -0.4 is 10.0 Å². The maximum absolute atomic E-state index is 13.2. The molecule has 0 aromatic heterocycles. The Bertz CT molecular complexity index is 660. The summed E-state index contributed by atoms with van der Waals surface area (Å²) in [6.45, 7) is -0.00611. The van der Waals surface area contributed by atoms with E-state index in [1.165, 1.54) is 0 Å². The minimum atomic E-state index is -4.65. The summed E-state index contributed by atoms with van der Waals surface area (Å²) in [6.07, 6.45) is -4.65. The number of nitrogens with zero attached hydrogens (tertiary/aromatic N) is 1. The van der Waals surface area contributed by atoms with Gasteiger partial charge in [-0.3, -0.25) is 4.90 Å². The first-order chi connectivity index (χ1) is 11.1. The molecule has 0 amide bonds. The van der Waals surface area contributed by atoms with E-state index in [0.717, 1.165) is 4.90 Å². The minimum Gasteiger partial charge on any atom is -0.314 e. The quantitative estimate of drug-likeness (QED) is 0.724. The molecule has 144 valence electrons. The molecule has 2 rings (SSSR count). The number of piperazine rings is 1. The van der Waals surface area contributed by atoms with Gasteiger partial charge in [0.05, 0.1) is 4.90 Å². The molecule has 0 bridgehead atoms. The van der Waals surface area contributed by atoms with Crippen molar-refractivity contribution in [3.8, 4) is 0 Å². The Morgan fingerprint density at radius 3 is 2.12 bits per heavy atom. The third-order valence-electron chi connectivity index (χ3n) is 3.58. The Labute approximate surface area is 148 Å². The lowest BCUT2D eigenvalue weighted by Crippen LogP contribution is -2.57.